The van der Waals surface area contributed by atoms with Gasteiger partial charge in [0.15, 0.2) is 12.3 Å². The van der Waals surface area contributed by atoms with Crippen LogP contribution in [0.2, 0.25) is 0 Å². The quantitative estimate of drug-likeness (QED) is 0.633. The maximum absolute atomic E-state index is 13.9. The molecule has 31 heavy (non-hydrogen) atoms. The first-order chi connectivity index (χ1) is 14.7. The van der Waals surface area contributed by atoms with E-state index in [-0.39, 0.29) is 35.1 Å². The summed E-state index contributed by atoms with van der Waals surface area (Å²) in [6.07, 6.45) is -4.65. The average Bonchev–Trinajstić information content (AvgIpc) is 3.08. The molecule has 1 fully saturated rings. The number of fused-ring (bicyclic) bond motifs is 1. The molecule has 0 bridgehead atoms. The third-order valence-corrected chi connectivity index (χ3v) is 5.32. The third kappa shape index (κ3) is 4.34. The lowest BCUT2D eigenvalue weighted by Gasteiger charge is -2.32. The van der Waals surface area contributed by atoms with E-state index in [2.05, 4.69) is 15.0 Å². The van der Waals surface area contributed by atoms with Crippen LogP contribution in [0.5, 0.6) is 5.88 Å². The number of amides is 1. The molecule has 0 N–H and O–H groups in total. The van der Waals surface area contributed by atoms with Crippen molar-refractivity contribution in [3.8, 4) is 17.1 Å². The topological polar surface area (TPSA) is 63.5 Å². The number of carbonyl (C=O) groups is 1. The van der Waals surface area contributed by atoms with Crippen LogP contribution in [0.1, 0.15) is 5.56 Å². The van der Waals surface area contributed by atoms with Crippen LogP contribution in [0.15, 0.2) is 36.4 Å². The summed E-state index contributed by atoms with van der Waals surface area (Å²) in [5, 5.41) is 4.17. The minimum Gasteiger partial charge on any atom is -0.467 e. The molecule has 1 aromatic carbocycles. The van der Waals surface area contributed by atoms with E-state index in [0.29, 0.717) is 18.7 Å². The summed E-state index contributed by atoms with van der Waals surface area (Å²) in [6, 6.07) is 9.48. The SMILES string of the molecule is CN1CCN(C(=O)COc2cc(C(F)(F)F)c3c(-c4ccccc4)nn(C)c3n2)CC1. The van der Waals surface area contributed by atoms with Crippen LogP contribution in [0.25, 0.3) is 22.3 Å². The molecule has 1 aliphatic heterocycles. The van der Waals surface area contributed by atoms with Crippen LogP contribution in [0.4, 0.5) is 13.2 Å². The highest BCUT2D eigenvalue weighted by molar-refractivity contribution is 5.94. The van der Waals surface area contributed by atoms with Gasteiger partial charge < -0.3 is 14.5 Å². The molecule has 1 amide bonds. The molecule has 4 rings (SSSR count). The molecule has 0 unspecified atom stereocenters. The van der Waals surface area contributed by atoms with Crippen molar-refractivity contribution in [1.29, 1.82) is 0 Å². The molecular weight excluding hydrogens is 411 g/mol. The molecule has 1 aliphatic rings. The molecule has 3 aromatic rings. The molecule has 7 nitrogen and oxygen atoms in total. The van der Waals surface area contributed by atoms with E-state index in [0.717, 1.165) is 19.2 Å². The van der Waals surface area contributed by atoms with E-state index in [4.69, 9.17) is 4.74 Å². The van der Waals surface area contributed by atoms with E-state index < -0.39 is 11.7 Å². The van der Waals surface area contributed by atoms with Gasteiger partial charge >= 0.3 is 6.18 Å². The van der Waals surface area contributed by atoms with Crippen molar-refractivity contribution in [3.05, 3.63) is 42.0 Å². The second-order valence-corrected chi connectivity index (χ2v) is 7.52. The monoisotopic (exact) mass is 433 g/mol. The van der Waals surface area contributed by atoms with Crippen molar-refractivity contribution >= 4 is 16.9 Å². The highest BCUT2D eigenvalue weighted by Crippen LogP contribution is 2.40. The Kier molecular flexibility index (Phi) is 5.57. The van der Waals surface area contributed by atoms with Gasteiger partial charge in [0.2, 0.25) is 5.88 Å². The number of benzene rings is 1. The number of likely N-dealkylation sites (N-methyl/N-ethyl adjacent to an activating group) is 1. The Balaban J connectivity index is 1.67. The number of aryl methyl sites for hydroxylation is 1. The van der Waals surface area contributed by atoms with E-state index in [1.807, 2.05) is 7.05 Å². The molecule has 164 valence electrons. The number of rotatable bonds is 4. The zero-order valence-corrected chi connectivity index (χ0v) is 17.2. The molecule has 0 spiro atoms. The van der Waals surface area contributed by atoms with Gasteiger partial charge in [-0.25, -0.2) is 4.68 Å². The lowest BCUT2D eigenvalue weighted by molar-refractivity contribution is -0.136. The summed E-state index contributed by atoms with van der Waals surface area (Å²) >= 11 is 0. The lowest BCUT2D eigenvalue weighted by atomic mass is 10.0. The zero-order valence-electron chi connectivity index (χ0n) is 17.2. The summed E-state index contributed by atoms with van der Waals surface area (Å²) in [6.45, 7) is 2.22. The average molecular weight is 433 g/mol. The van der Waals surface area contributed by atoms with Crippen LogP contribution in [-0.2, 0) is 18.0 Å². The first-order valence-corrected chi connectivity index (χ1v) is 9.83. The summed E-state index contributed by atoms with van der Waals surface area (Å²) < 4.78 is 48.5. The van der Waals surface area contributed by atoms with Crippen LogP contribution in [0.3, 0.4) is 0 Å². The van der Waals surface area contributed by atoms with Gasteiger partial charge in [-0.1, -0.05) is 30.3 Å². The number of carbonyl (C=O) groups excluding carboxylic acids is 1. The molecule has 3 heterocycles. The number of hydrogen-bond donors (Lipinski definition) is 0. The summed E-state index contributed by atoms with van der Waals surface area (Å²) in [7, 11) is 3.49. The van der Waals surface area contributed by atoms with Crippen molar-refractivity contribution in [2.75, 3.05) is 39.8 Å². The van der Waals surface area contributed by atoms with Gasteiger partial charge in [-0.3, -0.25) is 4.79 Å². The minimum absolute atomic E-state index is 0.0377. The number of aromatic nitrogens is 3. The fraction of sp³-hybridized carbons (Fsp3) is 0.381. The molecule has 10 heteroatoms. The lowest BCUT2D eigenvalue weighted by Crippen LogP contribution is -2.48. The molecular formula is C21H22F3N5O2. The highest BCUT2D eigenvalue weighted by atomic mass is 19.4. The second-order valence-electron chi connectivity index (χ2n) is 7.52. The van der Waals surface area contributed by atoms with Crippen molar-refractivity contribution < 1.29 is 22.7 Å². The number of nitrogens with zero attached hydrogens (tertiary/aromatic N) is 5. The third-order valence-electron chi connectivity index (χ3n) is 5.32. The van der Waals surface area contributed by atoms with E-state index >= 15 is 0 Å². The zero-order chi connectivity index (χ0) is 22.2. The van der Waals surface area contributed by atoms with Gasteiger partial charge in [-0.15, -0.1) is 0 Å². The first-order valence-electron chi connectivity index (χ1n) is 9.83. The maximum atomic E-state index is 13.9. The van der Waals surface area contributed by atoms with Crippen molar-refractivity contribution in [2.45, 2.75) is 6.18 Å². The summed E-state index contributed by atoms with van der Waals surface area (Å²) in [5.74, 6) is -0.538. The molecule has 0 atom stereocenters. The maximum Gasteiger partial charge on any atom is 0.417 e. The van der Waals surface area contributed by atoms with Crippen LogP contribution in [-0.4, -0.2) is 70.3 Å². The molecule has 0 radical (unpaired) electrons. The predicted molar refractivity (Wildman–Crippen MR) is 109 cm³/mol. The number of pyridine rings is 1. The van der Waals surface area contributed by atoms with Crippen LogP contribution < -0.4 is 4.74 Å². The number of ether oxygens (including phenoxy) is 1. The fourth-order valence-electron chi connectivity index (χ4n) is 3.60. The molecule has 0 saturated carbocycles. The summed E-state index contributed by atoms with van der Waals surface area (Å²) in [4.78, 5) is 20.4. The smallest absolute Gasteiger partial charge is 0.417 e. The normalized spacial score (nSPS) is 15.5. The van der Waals surface area contributed by atoms with Crippen molar-refractivity contribution in [1.82, 2.24) is 24.6 Å². The Morgan fingerprint density at radius 2 is 1.77 bits per heavy atom. The highest BCUT2D eigenvalue weighted by Gasteiger charge is 2.36. The Bertz CT molecular complexity index is 1090. The molecule has 2 aromatic heterocycles. The van der Waals surface area contributed by atoms with Crippen LogP contribution in [0, 0.1) is 0 Å². The minimum atomic E-state index is -4.65. The second kappa shape index (κ2) is 8.18. The standard InChI is InChI=1S/C21H22F3N5O2/c1-27-8-10-29(11-9-27)17(30)13-31-16-12-15(21(22,23)24)18-19(14-6-4-3-5-7-14)26-28(2)20(18)25-16/h3-7,12H,8-11,13H2,1-2H3. The number of piperazine rings is 1. The Morgan fingerprint density at radius 1 is 1.10 bits per heavy atom. The molecule has 0 aliphatic carbocycles. The Morgan fingerprint density at radius 3 is 2.42 bits per heavy atom. The predicted octanol–water partition coefficient (Wildman–Crippen LogP) is 2.81. The van der Waals surface area contributed by atoms with Gasteiger partial charge in [0.1, 0.15) is 5.69 Å². The van der Waals surface area contributed by atoms with E-state index in [9.17, 15) is 18.0 Å². The van der Waals surface area contributed by atoms with E-state index in [1.165, 1.54) is 11.7 Å². The largest absolute Gasteiger partial charge is 0.467 e. The first kappa shape index (κ1) is 21.1. The Labute approximate surface area is 177 Å². The van der Waals surface area contributed by atoms with E-state index in [1.54, 1.807) is 35.2 Å². The van der Waals surface area contributed by atoms with Gasteiger partial charge in [0.05, 0.1) is 10.9 Å². The number of halogens is 3. The van der Waals surface area contributed by atoms with Gasteiger partial charge in [-0.05, 0) is 7.05 Å². The van der Waals surface area contributed by atoms with Gasteiger partial charge in [0.25, 0.3) is 5.91 Å². The van der Waals surface area contributed by atoms with Crippen molar-refractivity contribution in [2.24, 2.45) is 7.05 Å². The molecule has 1 saturated heterocycles. The van der Waals surface area contributed by atoms with Crippen molar-refractivity contribution in [3.63, 3.8) is 0 Å². The van der Waals surface area contributed by atoms with Crippen LogP contribution >= 0.6 is 0 Å². The number of alkyl halides is 3. The fourth-order valence-corrected chi connectivity index (χ4v) is 3.60. The van der Waals surface area contributed by atoms with Gasteiger partial charge in [0, 0.05) is 44.9 Å². The van der Waals surface area contributed by atoms with Gasteiger partial charge in [-0.2, -0.15) is 23.3 Å². The number of hydrogen-bond acceptors (Lipinski definition) is 5. The Hall–Kier alpha value is -3.14. The summed E-state index contributed by atoms with van der Waals surface area (Å²) in [5.41, 5.74) is -0.112.